The number of hydrogen-bond acceptors (Lipinski definition) is 3. The summed E-state index contributed by atoms with van der Waals surface area (Å²) in [5, 5.41) is 3.36. The summed E-state index contributed by atoms with van der Waals surface area (Å²) in [6.07, 6.45) is 1.88. The second-order valence-corrected chi connectivity index (χ2v) is 6.17. The highest BCUT2D eigenvalue weighted by Gasteiger charge is 2.22. The van der Waals surface area contributed by atoms with Gasteiger partial charge in [-0.2, -0.15) is 0 Å². The molecule has 1 aromatic rings. The molecule has 1 aromatic carbocycles. The van der Waals surface area contributed by atoms with Crippen molar-refractivity contribution >= 4 is 15.9 Å². The number of benzene rings is 1. The van der Waals surface area contributed by atoms with Gasteiger partial charge in [0.25, 0.3) is 0 Å². The number of likely N-dealkylation sites (N-methyl/N-ethyl adjacent to an activating group) is 1. The van der Waals surface area contributed by atoms with E-state index < -0.39 is 0 Å². The molecular weight excluding hydrogens is 306 g/mol. The summed E-state index contributed by atoms with van der Waals surface area (Å²) in [6.45, 7) is 4.22. The molecule has 1 unspecified atom stereocenters. The Hall–Kier alpha value is -0.580. The molecule has 0 amide bonds. The molecule has 0 aliphatic rings. The number of ether oxygens (including phenoxy) is 2. The van der Waals surface area contributed by atoms with Crippen LogP contribution in [-0.4, -0.2) is 32.9 Å². The lowest BCUT2D eigenvalue weighted by atomic mass is 9.94. The van der Waals surface area contributed by atoms with Crippen molar-refractivity contribution < 1.29 is 9.47 Å². The molecule has 0 heterocycles. The molecule has 0 bridgehead atoms. The van der Waals surface area contributed by atoms with Crippen molar-refractivity contribution in [2.75, 3.05) is 21.3 Å². The van der Waals surface area contributed by atoms with E-state index in [4.69, 9.17) is 9.47 Å². The van der Waals surface area contributed by atoms with E-state index in [1.807, 2.05) is 19.2 Å². The minimum absolute atomic E-state index is 0.126. The molecule has 0 aromatic heterocycles. The molecule has 0 spiro atoms. The Morgan fingerprint density at radius 3 is 2.53 bits per heavy atom. The maximum Gasteiger partial charge on any atom is 0.119 e. The van der Waals surface area contributed by atoms with Crippen LogP contribution in [0.25, 0.3) is 0 Å². The summed E-state index contributed by atoms with van der Waals surface area (Å²) in [5.74, 6) is 0.888. The molecule has 108 valence electrons. The Kier molecular flexibility index (Phi) is 6.30. The summed E-state index contributed by atoms with van der Waals surface area (Å²) >= 11 is 3.60. The predicted molar refractivity (Wildman–Crippen MR) is 83.0 cm³/mol. The second kappa shape index (κ2) is 7.27. The van der Waals surface area contributed by atoms with Crippen molar-refractivity contribution in [2.45, 2.75) is 38.3 Å². The first-order chi connectivity index (χ1) is 8.91. The molecule has 0 radical (unpaired) electrons. The quantitative estimate of drug-likeness (QED) is 0.831. The van der Waals surface area contributed by atoms with Gasteiger partial charge in [-0.1, -0.05) is 15.9 Å². The summed E-state index contributed by atoms with van der Waals surface area (Å²) in [5.41, 5.74) is 1.12. The van der Waals surface area contributed by atoms with Gasteiger partial charge in [0.15, 0.2) is 0 Å². The highest BCUT2D eigenvalue weighted by Crippen LogP contribution is 2.25. The number of nitrogens with one attached hydrogen (secondary N) is 1. The standard InChI is InChI=1S/C15H24BrNO2/c1-15(2,19-5)10-12(17-3)8-11-9-13(18-4)6-7-14(11)16/h6-7,9,12,17H,8,10H2,1-5H3. The predicted octanol–water partition coefficient (Wildman–Crippen LogP) is 3.40. The zero-order valence-corrected chi connectivity index (χ0v) is 14.0. The number of hydrogen-bond donors (Lipinski definition) is 1. The number of rotatable bonds is 7. The molecule has 0 fully saturated rings. The summed E-state index contributed by atoms with van der Waals surface area (Å²) in [6, 6.07) is 6.43. The third-order valence-electron chi connectivity index (χ3n) is 3.42. The number of halogens is 1. The highest BCUT2D eigenvalue weighted by molar-refractivity contribution is 9.10. The van der Waals surface area contributed by atoms with Gasteiger partial charge in [-0.15, -0.1) is 0 Å². The van der Waals surface area contributed by atoms with Crippen LogP contribution in [0.1, 0.15) is 25.8 Å². The van der Waals surface area contributed by atoms with E-state index in [-0.39, 0.29) is 5.60 Å². The maximum atomic E-state index is 5.51. The number of methoxy groups -OCH3 is 2. The van der Waals surface area contributed by atoms with Crippen LogP contribution in [0.5, 0.6) is 5.75 Å². The van der Waals surface area contributed by atoms with E-state index in [1.165, 1.54) is 5.56 Å². The lowest BCUT2D eigenvalue weighted by Gasteiger charge is -2.28. The maximum absolute atomic E-state index is 5.51. The Balaban J connectivity index is 2.80. The highest BCUT2D eigenvalue weighted by atomic mass is 79.9. The molecule has 3 nitrogen and oxygen atoms in total. The van der Waals surface area contributed by atoms with Gasteiger partial charge in [-0.3, -0.25) is 0 Å². The average molecular weight is 330 g/mol. The molecule has 0 saturated carbocycles. The summed E-state index contributed by atoms with van der Waals surface area (Å²) in [4.78, 5) is 0. The van der Waals surface area contributed by atoms with Crippen LogP contribution in [0.3, 0.4) is 0 Å². The van der Waals surface area contributed by atoms with Crippen LogP contribution < -0.4 is 10.1 Å². The van der Waals surface area contributed by atoms with Gasteiger partial charge >= 0.3 is 0 Å². The van der Waals surface area contributed by atoms with Crippen LogP contribution in [0.15, 0.2) is 22.7 Å². The Bertz CT molecular complexity index is 407. The van der Waals surface area contributed by atoms with Crippen LogP contribution in [0, 0.1) is 0 Å². The lowest BCUT2D eigenvalue weighted by Crippen LogP contribution is -2.37. The largest absolute Gasteiger partial charge is 0.497 e. The molecule has 4 heteroatoms. The Morgan fingerprint density at radius 2 is 2.00 bits per heavy atom. The summed E-state index contributed by atoms with van der Waals surface area (Å²) in [7, 11) is 5.44. The fourth-order valence-electron chi connectivity index (χ4n) is 2.05. The molecule has 1 rings (SSSR count). The molecule has 1 N–H and O–H groups in total. The first-order valence-electron chi connectivity index (χ1n) is 6.46. The molecule has 1 atom stereocenters. The van der Waals surface area contributed by atoms with Crippen LogP contribution in [-0.2, 0) is 11.2 Å². The average Bonchev–Trinajstić information content (AvgIpc) is 2.40. The van der Waals surface area contributed by atoms with Crippen molar-refractivity contribution in [1.29, 1.82) is 0 Å². The van der Waals surface area contributed by atoms with Gasteiger partial charge in [0, 0.05) is 17.6 Å². The fourth-order valence-corrected chi connectivity index (χ4v) is 2.46. The molecule has 19 heavy (non-hydrogen) atoms. The fraction of sp³-hybridized carbons (Fsp3) is 0.600. The minimum Gasteiger partial charge on any atom is -0.497 e. The smallest absolute Gasteiger partial charge is 0.119 e. The van der Waals surface area contributed by atoms with E-state index in [1.54, 1.807) is 14.2 Å². The SMILES string of the molecule is CNC(Cc1cc(OC)ccc1Br)CC(C)(C)OC. The van der Waals surface area contributed by atoms with E-state index >= 15 is 0 Å². The van der Waals surface area contributed by atoms with Gasteiger partial charge in [-0.05, 0) is 57.5 Å². The van der Waals surface area contributed by atoms with E-state index in [0.29, 0.717) is 6.04 Å². The van der Waals surface area contributed by atoms with E-state index in [9.17, 15) is 0 Å². The minimum atomic E-state index is -0.126. The van der Waals surface area contributed by atoms with Gasteiger partial charge in [0.1, 0.15) is 5.75 Å². The summed E-state index contributed by atoms with van der Waals surface area (Å²) < 4.78 is 11.9. The second-order valence-electron chi connectivity index (χ2n) is 5.32. The third-order valence-corrected chi connectivity index (χ3v) is 4.19. The first-order valence-corrected chi connectivity index (χ1v) is 7.26. The molecule has 0 aliphatic heterocycles. The third kappa shape index (κ3) is 5.13. The van der Waals surface area contributed by atoms with Crippen LogP contribution in [0.2, 0.25) is 0 Å². The van der Waals surface area contributed by atoms with Crippen molar-refractivity contribution in [1.82, 2.24) is 5.32 Å². The Labute approximate surface area is 124 Å². The van der Waals surface area contributed by atoms with E-state index in [2.05, 4.69) is 41.2 Å². The van der Waals surface area contributed by atoms with Crippen molar-refractivity contribution in [3.8, 4) is 5.75 Å². The zero-order valence-electron chi connectivity index (χ0n) is 12.4. The van der Waals surface area contributed by atoms with Crippen LogP contribution in [0.4, 0.5) is 0 Å². The lowest BCUT2D eigenvalue weighted by molar-refractivity contribution is 0.00771. The van der Waals surface area contributed by atoms with Crippen molar-refractivity contribution in [3.05, 3.63) is 28.2 Å². The zero-order chi connectivity index (χ0) is 14.5. The van der Waals surface area contributed by atoms with Gasteiger partial charge in [-0.25, -0.2) is 0 Å². The monoisotopic (exact) mass is 329 g/mol. The van der Waals surface area contributed by atoms with E-state index in [0.717, 1.165) is 23.1 Å². The van der Waals surface area contributed by atoms with Crippen molar-refractivity contribution in [3.63, 3.8) is 0 Å². The molecular formula is C15H24BrNO2. The van der Waals surface area contributed by atoms with Crippen molar-refractivity contribution in [2.24, 2.45) is 0 Å². The van der Waals surface area contributed by atoms with Gasteiger partial charge in [0.2, 0.25) is 0 Å². The molecule has 0 saturated heterocycles. The van der Waals surface area contributed by atoms with Gasteiger partial charge < -0.3 is 14.8 Å². The van der Waals surface area contributed by atoms with Gasteiger partial charge in [0.05, 0.1) is 12.7 Å². The van der Waals surface area contributed by atoms with Crippen LogP contribution >= 0.6 is 15.9 Å². The topological polar surface area (TPSA) is 30.5 Å². The first kappa shape index (κ1) is 16.5. The normalized spacial score (nSPS) is 13.4. The molecule has 0 aliphatic carbocycles. The Morgan fingerprint density at radius 1 is 1.32 bits per heavy atom.